The number of hydrogen-bond donors (Lipinski definition) is 4. The van der Waals surface area contributed by atoms with Gasteiger partial charge in [0.15, 0.2) is 0 Å². The van der Waals surface area contributed by atoms with Crippen molar-refractivity contribution >= 4 is 30.4 Å². The predicted octanol–water partition coefficient (Wildman–Crippen LogP) is -0.953. The standard InChI is InChI=1S/C10H19N3O3S/c1-5(2)8(9(11)15)13-10(16)6(3)12-7(14)4-17/h5-6,8,17H,4H2,1-3H3,(H2,11,15)(H,12,14)(H,13,16)/t6-,8-/m0/s1. The van der Waals surface area contributed by atoms with Crippen LogP contribution in [-0.2, 0) is 14.4 Å². The number of carbonyl (C=O) groups is 3. The lowest BCUT2D eigenvalue weighted by molar-refractivity contribution is -0.131. The van der Waals surface area contributed by atoms with Gasteiger partial charge in [0.25, 0.3) is 0 Å². The van der Waals surface area contributed by atoms with Crippen LogP contribution < -0.4 is 16.4 Å². The average molecular weight is 261 g/mol. The van der Waals surface area contributed by atoms with Crippen molar-refractivity contribution in [2.45, 2.75) is 32.9 Å². The minimum Gasteiger partial charge on any atom is -0.368 e. The van der Waals surface area contributed by atoms with E-state index in [9.17, 15) is 14.4 Å². The minimum absolute atomic E-state index is 0.00104. The fourth-order valence-electron chi connectivity index (χ4n) is 1.20. The van der Waals surface area contributed by atoms with Crippen molar-refractivity contribution in [3.05, 3.63) is 0 Å². The van der Waals surface area contributed by atoms with Gasteiger partial charge in [0.1, 0.15) is 12.1 Å². The van der Waals surface area contributed by atoms with Crippen LogP contribution in [0.2, 0.25) is 0 Å². The van der Waals surface area contributed by atoms with Crippen LogP contribution >= 0.6 is 12.6 Å². The SMILES string of the molecule is CC(C)[C@H](NC(=O)[C@H](C)NC(=O)CS)C(N)=O. The molecule has 0 aromatic rings. The molecular weight excluding hydrogens is 242 g/mol. The Bertz CT molecular complexity index is 307. The van der Waals surface area contributed by atoms with Crippen molar-refractivity contribution in [1.82, 2.24) is 10.6 Å². The van der Waals surface area contributed by atoms with Crippen LogP contribution in [0.5, 0.6) is 0 Å². The quantitative estimate of drug-likeness (QED) is 0.463. The first-order valence-electron chi connectivity index (χ1n) is 5.29. The fraction of sp³-hybridized carbons (Fsp3) is 0.700. The monoisotopic (exact) mass is 261 g/mol. The van der Waals surface area contributed by atoms with E-state index in [2.05, 4.69) is 23.3 Å². The van der Waals surface area contributed by atoms with Gasteiger partial charge in [-0.25, -0.2) is 0 Å². The second-order valence-electron chi connectivity index (χ2n) is 4.08. The average Bonchev–Trinajstić information content (AvgIpc) is 2.23. The van der Waals surface area contributed by atoms with Gasteiger partial charge in [-0.1, -0.05) is 13.8 Å². The molecule has 0 aromatic carbocycles. The van der Waals surface area contributed by atoms with Crippen molar-refractivity contribution in [3.8, 4) is 0 Å². The van der Waals surface area contributed by atoms with Crippen LogP contribution in [0.25, 0.3) is 0 Å². The van der Waals surface area contributed by atoms with Crippen molar-refractivity contribution < 1.29 is 14.4 Å². The molecule has 0 fully saturated rings. The lowest BCUT2D eigenvalue weighted by Gasteiger charge is -2.21. The van der Waals surface area contributed by atoms with Crippen LogP contribution in [0.3, 0.4) is 0 Å². The number of thiol groups is 1. The van der Waals surface area contributed by atoms with Gasteiger partial charge in [-0.2, -0.15) is 12.6 Å². The molecule has 0 bridgehead atoms. The molecule has 0 rings (SSSR count). The molecule has 0 aromatic heterocycles. The van der Waals surface area contributed by atoms with Crippen LogP contribution in [-0.4, -0.2) is 35.6 Å². The van der Waals surface area contributed by atoms with Crippen molar-refractivity contribution in [2.24, 2.45) is 11.7 Å². The smallest absolute Gasteiger partial charge is 0.242 e. The largest absolute Gasteiger partial charge is 0.368 e. The van der Waals surface area contributed by atoms with Crippen LogP contribution in [0.1, 0.15) is 20.8 Å². The highest BCUT2D eigenvalue weighted by atomic mass is 32.1. The van der Waals surface area contributed by atoms with E-state index < -0.39 is 23.9 Å². The van der Waals surface area contributed by atoms with E-state index >= 15 is 0 Å². The molecular formula is C10H19N3O3S. The number of amides is 3. The van der Waals surface area contributed by atoms with E-state index in [1.807, 2.05) is 0 Å². The molecule has 0 aliphatic rings. The van der Waals surface area contributed by atoms with E-state index in [1.165, 1.54) is 6.92 Å². The van der Waals surface area contributed by atoms with E-state index in [1.54, 1.807) is 13.8 Å². The Kier molecular flexibility index (Phi) is 6.64. The number of hydrogen-bond acceptors (Lipinski definition) is 4. The van der Waals surface area contributed by atoms with Gasteiger partial charge in [0.2, 0.25) is 17.7 Å². The third-order valence-electron chi connectivity index (χ3n) is 2.19. The summed E-state index contributed by atoms with van der Waals surface area (Å²) in [5, 5.41) is 4.93. The Hall–Kier alpha value is -1.24. The second-order valence-corrected chi connectivity index (χ2v) is 4.40. The van der Waals surface area contributed by atoms with E-state index in [-0.39, 0.29) is 17.6 Å². The first-order chi connectivity index (χ1) is 7.79. The maximum Gasteiger partial charge on any atom is 0.242 e. The van der Waals surface area contributed by atoms with Gasteiger partial charge in [0.05, 0.1) is 5.75 Å². The summed E-state index contributed by atoms with van der Waals surface area (Å²) < 4.78 is 0. The fourth-order valence-corrected chi connectivity index (χ4v) is 1.29. The zero-order valence-electron chi connectivity index (χ0n) is 10.2. The second kappa shape index (κ2) is 7.16. The Morgan fingerprint density at radius 2 is 1.71 bits per heavy atom. The van der Waals surface area contributed by atoms with Gasteiger partial charge in [-0.3, -0.25) is 14.4 Å². The minimum atomic E-state index is -0.738. The molecule has 6 nitrogen and oxygen atoms in total. The molecule has 0 radical (unpaired) electrons. The highest BCUT2D eigenvalue weighted by molar-refractivity contribution is 7.81. The first-order valence-corrected chi connectivity index (χ1v) is 5.92. The zero-order chi connectivity index (χ0) is 13.6. The molecule has 0 aliphatic carbocycles. The Morgan fingerprint density at radius 3 is 2.06 bits per heavy atom. The maximum absolute atomic E-state index is 11.7. The van der Waals surface area contributed by atoms with E-state index in [0.29, 0.717) is 0 Å². The number of nitrogens with one attached hydrogen (secondary N) is 2. The Balaban J connectivity index is 4.41. The summed E-state index contributed by atoms with van der Waals surface area (Å²) in [7, 11) is 0. The maximum atomic E-state index is 11.7. The molecule has 98 valence electrons. The topological polar surface area (TPSA) is 101 Å². The van der Waals surface area contributed by atoms with Crippen molar-refractivity contribution in [1.29, 1.82) is 0 Å². The lowest BCUT2D eigenvalue weighted by Crippen LogP contribution is -2.53. The number of primary amides is 1. The number of rotatable bonds is 6. The van der Waals surface area contributed by atoms with Gasteiger partial charge in [-0.05, 0) is 12.8 Å². The molecule has 0 unspecified atom stereocenters. The van der Waals surface area contributed by atoms with Crippen LogP contribution in [0.15, 0.2) is 0 Å². The summed E-state index contributed by atoms with van der Waals surface area (Å²) in [5.41, 5.74) is 5.16. The molecule has 4 N–H and O–H groups in total. The summed E-state index contributed by atoms with van der Waals surface area (Å²) in [5.74, 6) is -1.50. The summed E-state index contributed by atoms with van der Waals surface area (Å²) in [6, 6.07) is -1.46. The van der Waals surface area contributed by atoms with Gasteiger partial charge in [-0.15, -0.1) is 0 Å². The zero-order valence-corrected chi connectivity index (χ0v) is 11.1. The Labute approximate surface area is 106 Å². The molecule has 0 aliphatic heterocycles. The molecule has 2 atom stereocenters. The summed E-state index contributed by atoms with van der Waals surface area (Å²) in [6.45, 7) is 5.06. The Morgan fingerprint density at radius 1 is 1.18 bits per heavy atom. The third-order valence-corrected chi connectivity index (χ3v) is 2.47. The highest BCUT2D eigenvalue weighted by Crippen LogP contribution is 2.01. The number of carbonyl (C=O) groups excluding carboxylic acids is 3. The highest BCUT2D eigenvalue weighted by Gasteiger charge is 2.24. The molecule has 3 amide bonds. The normalized spacial score (nSPS) is 13.9. The molecule has 0 spiro atoms. The van der Waals surface area contributed by atoms with E-state index in [4.69, 9.17) is 5.73 Å². The molecule has 0 saturated carbocycles. The van der Waals surface area contributed by atoms with E-state index in [0.717, 1.165) is 0 Å². The first kappa shape index (κ1) is 15.8. The summed E-state index contributed by atoms with van der Waals surface area (Å²) in [4.78, 5) is 33.8. The lowest BCUT2D eigenvalue weighted by atomic mass is 10.0. The number of nitrogens with two attached hydrogens (primary N) is 1. The van der Waals surface area contributed by atoms with Crippen LogP contribution in [0, 0.1) is 5.92 Å². The van der Waals surface area contributed by atoms with Crippen molar-refractivity contribution in [3.63, 3.8) is 0 Å². The predicted molar refractivity (Wildman–Crippen MR) is 67.4 cm³/mol. The molecule has 7 heteroatoms. The van der Waals surface area contributed by atoms with Crippen LogP contribution in [0.4, 0.5) is 0 Å². The van der Waals surface area contributed by atoms with Gasteiger partial charge in [0, 0.05) is 0 Å². The molecule has 0 heterocycles. The van der Waals surface area contributed by atoms with Gasteiger partial charge < -0.3 is 16.4 Å². The molecule has 0 saturated heterocycles. The summed E-state index contributed by atoms with van der Waals surface area (Å²) >= 11 is 3.78. The van der Waals surface area contributed by atoms with Crippen molar-refractivity contribution in [2.75, 3.05) is 5.75 Å². The third kappa shape index (κ3) is 5.58. The van der Waals surface area contributed by atoms with Gasteiger partial charge >= 0.3 is 0 Å². The molecule has 17 heavy (non-hydrogen) atoms. The summed E-state index contributed by atoms with van der Waals surface area (Å²) in [6.07, 6.45) is 0.